The van der Waals surface area contributed by atoms with E-state index in [2.05, 4.69) is 14.8 Å². The Morgan fingerprint density at radius 2 is 2.11 bits per heavy atom. The summed E-state index contributed by atoms with van der Waals surface area (Å²) < 4.78 is 28.7. The van der Waals surface area contributed by atoms with Crippen LogP contribution >= 0.6 is 0 Å². The highest BCUT2D eigenvalue weighted by atomic mass is 32.2. The molecule has 1 aliphatic heterocycles. The lowest BCUT2D eigenvalue weighted by Crippen LogP contribution is -2.31. The largest absolute Gasteiger partial charge is 0.385 e. The van der Waals surface area contributed by atoms with Gasteiger partial charge in [0.2, 0.25) is 0 Å². The second-order valence-electron chi connectivity index (χ2n) is 4.90. The summed E-state index contributed by atoms with van der Waals surface area (Å²) in [7, 11) is -3.42. The Bertz CT molecular complexity index is 552. The van der Waals surface area contributed by atoms with Gasteiger partial charge in [-0.2, -0.15) is 13.1 Å². The number of hydrogen-bond acceptors (Lipinski definition) is 3. The topological polar surface area (TPSA) is 70.2 Å². The molecule has 1 aromatic rings. The molecule has 98 valence electrons. The van der Waals surface area contributed by atoms with Gasteiger partial charge in [0.1, 0.15) is 0 Å². The third-order valence-corrected chi connectivity index (χ3v) is 4.34. The number of fused-ring (bicyclic) bond motifs is 1. The van der Waals surface area contributed by atoms with Crippen LogP contribution in [0.4, 0.5) is 11.4 Å². The number of nitrogens with one attached hydrogen (secondary N) is 3. The molecule has 1 aromatic carbocycles. The fraction of sp³-hybridized carbons (Fsp3) is 0.500. The van der Waals surface area contributed by atoms with Crippen LogP contribution in [0.25, 0.3) is 0 Å². The van der Waals surface area contributed by atoms with Gasteiger partial charge in [0.15, 0.2) is 0 Å². The highest BCUT2D eigenvalue weighted by Gasteiger charge is 2.26. The summed E-state index contributed by atoms with van der Waals surface area (Å²) in [6.07, 6.45) is 3.96. The molecule has 6 heteroatoms. The maximum atomic E-state index is 11.8. The maximum absolute atomic E-state index is 11.8. The van der Waals surface area contributed by atoms with Crippen molar-refractivity contribution in [3.8, 4) is 0 Å². The summed E-state index contributed by atoms with van der Waals surface area (Å²) >= 11 is 0. The Morgan fingerprint density at radius 3 is 2.89 bits per heavy atom. The van der Waals surface area contributed by atoms with Crippen LogP contribution < -0.4 is 14.8 Å². The highest BCUT2D eigenvalue weighted by molar-refractivity contribution is 7.90. The quantitative estimate of drug-likeness (QED) is 0.773. The van der Waals surface area contributed by atoms with E-state index in [1.165, 1.54) is 5.56 Å². The normalized spacial score (nSPS) is 18.9. The van der Waals surface area contributed by atoms with Gasteiger partial charge in [-0.25, -0.2) is 0 Å². The Balaban J connectivity index is 1.75. The van der Waals surface area contributed by atoms with Gasteiger partial charge in [0, 0.05) is 18.3 Å². The monoisotopic (exact) mass is 267 g/mol. The minimum Gasteiger partial charge on any atom is -0.385 e. The third-order valence-electron chi connectivity index (χ3n) is 3.19. The average molecular weight is 267 g/mol. The second-order valence-corrected chi connectivity index (χ2v) is 6.35. The van der Waals surface area contributed by atoms with Crippen molar-refractivity contribution in [3.63, 3.8) is 0 Å². The summed E-state index contributed by atoms with van der Waals surface area (Å²) in [5.74, 6) is 0. The molecule has 0 radical (unpaired) electrons. The molecule has 3 N–H and O–H groups in total. The van der Waals surface area contributed by atoms with E-state index >= 15 is 0 Å². The minimum absolute atomic E-state index is 0.127. The zero-order chi connectivity index (χ0) is 12.6. The molecule has 1 heterocycles. The van der Waals surface area contributed by atoms with E-state index in [9.17, 15) is 8.42 Å². The molecule has 0 saturated heterocycles. The molecule has 0 amide bonds. The van der Waals surface area contributed by atoms with Crippen LogP contribution in [0.1, 0.15) is 24.8 Å². The first kappa shape index (κ1) is 11.8. The van der Waals surface area contributed by atoms with Crippen LogP contribution in [-0.4, -0.2) is 21.0 Å². The van der Waals surface area contributed by atoms with Gasteiger partial charge in [-0.3, -0.25) is 4.72 Å². The third kappa shape index (κ3) is 2.76. The van der Waals surface area contributed by atoms with Crippen LogP contribution in [0.5, 0.6) is 0 Å². The summed E-state index contributed by atoms with van der Waals surface area (Å²) in [5, 5.41) is 3.30. The highest BCUT2D eigenvalue weighted by Crippen LogP contribution is 2.26. The van der Waals surface area contributed by atoms with Gasteiger partial charge in [-0.1, -0.05) is 0 Å². The van der Waals surface area contributed by atoms with E-state index in [0.717, 1.165) is 37.9 Å². The molecule has 2 aliphatic rings. The average Bonchev–Trinajstić information content (AvgIpc) is 3.11. The maximum Gasteiger partial charge on any atom is 0.299 e. The molecule has 0 unspecified atom stereocenters. The van der Waals surface area contributed by atoms with Crippen LogP contribution in [-0.2, 0) is 16.6 Å². The van der Waals surface area contributed by atoms with E-state index < -0.39 is 10.2 Å². The zero-order valence-electron chi connectivity index (χ0n) is 10.1. The predicted octanol–water partition coefficient (Wildman–Crippen LogP) is 1.45. The first-order chi connectivity index (χ1) is 8.62. The molecule has 1 saturated carbocycles. The Labute approximate surface area is 107 Å². The van der Waals surface area contributed by atoms with Gasteiger partial charge < -0.3 is 5.32 Å². The lowest BCUT2D eigenvalue weighted by atomic mass is 10.0. The van der Waals surface area contributed by atoms with E-state index in [1.54, 1.807) is 6.07 Å². The van der Waals surface area contributed by atoms with Gasteiger partial charge in [-0.15, -0.1) is 0 Å². The van der Waals surface area contributed by atoms with Crippen molar-refractivity contribution in [1.29, 1.82) is 0 Å². The number of benzene rings is 1. The number of anilines is 2. The second kappa shape index (κ2) is 4.44. The molecule has 5 nitrogen and oxygen atoms in total. The van der Waals surface area contributed by atoms with Gasteiger partial charge in [0.05, 0.1) is 5.69 Å². The molecule has 18 heavy (non-hydrogen) atoms. The van der Waals surface area contributed by atoms with Crippen molar-refractivity contribution in [3.05, 3.63) is 23.8 Å². The lowest BCUT2D eigenvalue weighted by Gasteiger charge is -2.19. The number of hydrogen-bond donors (Lipinski definition) is 3. The van der Waals surface area contributed by atoms with Crippen LogP contribution in [0, 0.1) is 0 Å². The molecule has 0 spiro atoms. The van der Waals surface area contributed by atoms with Gasteiger partial charge >= 0.3 is 0 Å². The van der Waals surface area contributed by atoms with Crippen LogP contribution in [0.15, 0.2) is 18.2 Å². The Kier molecular flexibility index (Phi) is 2.91. The molecule has 0 bridgehead atoms. The van der Waals surface area contributed by atoms with Crippen LogP contribution in [0.3, 0.4) is 0 Å². The van der Waals surface area contributed by atoms with Crippen molar-refractivity contribution < 1.29 is 8.42 Å². The smallest absolute Gasteiger partial charge is 0.299 e. The fourth-order valence-corrected chi connectivity index (χ4v) is 3.31. The van der Waals surface area contributed by atoms with Crippen molar-refractivity contribution in [2.45, 2.75) is 31.7 Å². The summed E-state index contributed by atoms with van der Waals surface area (Å²) in [6, 6.07) is 5.77. The predicted molar refractivity (Wildman–Crippen MR) is 72.0 cm³/mol. The Morgan fingerprint density at radius 1 is 1.28 bits per heavy atom. The first-order valence-electron chi connectivity index (χ1n) is 6.29. The molecule has 1 fully saturated rings. The zero-order valence-corrected chi connectivity index (χ0v) is 10.9. The van der Waals surface area contributed by atoms with E-state index in [1.807, 2.05) is 12.1 Å². The first-order valence-corrected chi connectivity index (χ1v) is 7.78. The molecule has 3 rings (SSSR count). The molecule has 0 atom stereocenters. The molecule has 0 aromatic heterocycles. The Hall–Kier alpha value is -1.27. The van der Waals surface area contributed by atoms with E-state index in [0.29, 0.717) is 5.69 Å². The lowest BCUT2D eigenvalue weighted by molar-refractivity contribution is 0.586. The number of aryl methyl sites for hydroxylation is 1. The van der Waals surface area contributed by atoms with E-state index in [-0.39, 0.29) is 6.04 Å². The SMILES string of the molecule is O=S(=O)(Nc1ccc2c(c1)CCCN2)NC1CC1. The fourth-order valence-electron chi connectivity index (χ4n) is 2.14. The van der Waals surface area contributed by atoms with Gasteiger partial charge in [-0.05, 0) is 49.4 Å². The molecular weight excluding hydrogens is 250 g/mol. The summed E-state index contributed by atoms with van der Waals surface area (Å²) in [4.78, 5) is 0. The van der Waals surface area contributed by atoms with Crippen molar-refractivity contribution in [1.82, 2.24) is 4.72 Å². The summed E-state index contributed by atoms with van der Waals surface area (Å²) in [6.45, 7) is 0.987. The van der Waals surface area contributed by atoms with Crippen molar-refractivity contribution in [2.75, 3.05) is 16.6 Å². The van der Waals surface area contributed by atoms with Crippen LogP contribution in [0.2, 0.25) is 0 Å². The minimum atomic E-state index is -3.42. The standard InChI is InChI=1S/C12H17N3O2S/c16-18(17,14-10-3-4-10)15-11-5-6-12-9(8-11)2-1-7-13-12/h5-6,8,10,13-15H,1-4,7H2. The molecular formula is C12H17N3O2S. The number of rotatable bonds is 4. The van der Waals surface area contributed by atoms with Crippen molar-refractivity contribution in [2.24, 2.45) is 0 Å². The molecule has 1 aliphatic carbocycles. The summed E-state index contributed by atoms with van der Waals surface area (Å²) in [5.41, 5.74) is 2.91. The van der Waals surface area contributed by atoms with Crippen molar-refractivity contribution >= 4 is 21.6 Å². The van der Waals surface area contributed by atoms with E-state index in [4.69, 9.17) is 0 Å². The van der Waals surface area contributed by atoms with Gasteiger partial charge in [0.25, 0.3) is 10.2 Å².